The Morgan fingerprint density at radius 3 is 1.35 bits per heavy atom. The number of unbranched alkanes of at least 4 members (excludes halogenated alkanes) is 1. The van der Waals surface area contributed by atoms with Gasteiger partial charge in [0.25, 0.3) is 0 Å². The summed E-state index contributed by atoms with van der Waals surface area (Å²) in [6.45, 7) is 15.3. The minimum absolute atomic E-state index is 0.299. The van der Waals surface area contributed by atoms with Crippen LogP contribution in [0.2, 0.25) is 0 Å². The molecule has 1 saturated carbocycles. The van der Waals surface area contributed by atoms with Gasteiger partial charge in [0.15, 0.2) is 0 Å². The Labute approximate surface area is 236 Å². The molecule has 2 aromatic carbocycles. The molecule has 8 nitrogen and oxygen atoms in total. The maximum Gasteiger partial charge on any atom is 0.338 e. The fraction of sp³-hybridized carbons (Fsp3) is 0.500. The van der Waals surface area contributed by atoms with E-state index in [4.69, 9.17) is 18.9 Å². The van der Waals surface area contributed by atoms with Crippen LogP contribution < -0.4 is 0 Å². The first-order chi connectivity index (χ1) is 18.6. The van der Waals surface area contributed by atoms with Crippen molar-refractivity contribution >= 4 is 23.9 Å². The largest absolute Gasteiger partial charge is 0.462 e. The van der Waals surface area contributed by atoms with E-state index in [2.05, 4.69) is 0 Å². The number of carbonyl (C=O) groups excluding carboxylic acids is 4. The van der Waals surface area contributed by atoms with Gasteiger partial charge in [-0.1, -0.05) is 41.0 Å². The van der Waals surface area contributed by atoms with Crippen LogP contribution in [-0.4, -0.2) is 48.3 Å². The van der Waals surface area contributed by atoms with Crippen molar-refractivity contribution < 1.29 is 38.1 Å². The number of ether oxygens (including phenoxy) is 4. The molecule has 0 spiro atoms. The molecule has 40 heavy (non-hydrogen) atoms. The Bertz CT molecular complexity index is 1220. The van der Waals surface area contributed by atoms with Crippen molar-refractivity contribution in [1.82, 2.24) is 0 Å². The topological polar surface area (TPSA) is 105 Å². The molecule has 0 atom stereocenters. The molecule has 0 amide bonds. The maximum atomic E-state index is 13.0. The van der Waals surface area contributed by atoms with Crippen LogP contribution in [0.1, 0.15) is 110 Å². The van der Waals surface area contributed by atoms with E-state index in [1.165, 1.54) is 36.4 Å². The van der Waals surface area contributed by atoms with Gasteiger partial charge in [-0.2, -0.15) is 0 Å². The van der Waals surface area contributed by atoms with Crippen molar-refractivity contribution in [3.63, 3.8) is 0 Å². The van der Waals surface area contributed by atoms with Gasteiger partial charge in [-0.15, -0.1) is 0 Å². The lowest BCUT2D eigenvalue weighted by molar-refractivity contribution is -0.246. The summed E-state index contributed by atoms with van der Waals surface area (Å²) < 4.78 is 22.3. The summed E-state index contributed by atoms with van der Waals surface area (Å²) in [7, 11) is 0. The van der Waals surface area contributed by atoms with E-state index < -0.39 is 52.5 Å². The van der Waals surface area contributed by atoms with Gasteiger partial charge in [0.05, 0.1) is 28.9 Å². The van der Waals surface area contributed by atoms with Gasteiger partial charge < -0.3 is 18.9 Å². The molecule has 1 fully saturated rings. The smallest absolute Gasteiger partial charge is 0.338 e. The van der Waals surface area contributed by atoms with Crippen LogP contribution in [0.4, 0.5) is 0 Å². The molecule has 1 aliphatic rings. The highest BCUT2D eigenvalue weighted by atomic mass is 16.6. The quantitative estimate of drug-likeness (QED) is 0.199. The summed E-state index contributed by atoms with van der Waals surface area (Å²) in [5, 5.41) is 0. The second-order valence-electron chi connectivity index (χ2n) is 12.4. The SMILES string of the molecule is CCCCOC(=O)c1ccc(C(=O)OC2C(C)(C)C(OC(=O)c3ccc(C(=O)OC(C)(C)C)cc3)C2(C)C)cc1. The minimum atomic E-state index is -0.658. The van der Waals surface area contributed by atoms with E-state index in [1.807, 2.05) is 34.6 Å². The molecule has 1 aliphatic carbocycles. The van der Waals surface area contributed by atoms with Gasteiger partial charge in [-0.05, 0) is 75.7 Å². The molecule has 0 unspecified atom stereocenters. The molecule has 0 radical (unpaired) electrons. The number of esters is 4. The summed E-state index contributed by atoms with van der Waals surface area (Å²) >= 11 is 0. The predicted octanol–water partition coefficient (Wildman–Crippen LogP) is 6.42. The summed E-state index contributed by atoms with van der Waals surface area (Å²) in [6.07, 6.45) is 0.656. The number of carbonyl (C=O) groups is 4. The van der Waals surface area contributed by atoms with Crippen LogP contribution >= 0.6 is 0 Å². The first-order valence-electron chi connectivity index (χ1n) is 13.6. The lowest BCUT2D eigenvalue weighted by Gasteiger charge is -2.61. The van der Waals surface area contributed by atoms with E-state index in [0.717, 1.165) is 12.8 Å². The molecule has 0 heterocycles. The van der Waals surface area contributed by atoms with E-state index in [9.17, 15) is 19.2 Å². The van der Waals surface area contributed by atoms with Gasteiger partial charge in [0.1, 0.15) is 17.8 Å². The number of benzene rings is 2. The van der Waals surface area contributed by atoms with E-state index in [-0.39, 0.29) is 0 Å². The van der Waals surface area contributed by atoms with Crippen molar-refractivity contribution in [2.75, 3.05) is 6.61 Å². The average Bonchev–Trinajstić information content (AvgIpc) is 2.89. The lowest BCUT2D eigenvalue weighted by Crippen LogP contribution is -2.69. The molecule has 0 N–H and O–H groups in total. The van der Waals surface area contributed by atoms with Crippen molar-refractivity contribution in [1.29, 1.82) is 0 Å². The molecule has 0 bridgehead atoms. The third kappa shape index (κ3) is 6.90. The molecular formula is C32H40O8. The zero-order valence-electron chi connectivity index (χ0n) is 24.7. The Morgan fingerprint density at radius 1 is 0.650 bits per heavy atom. The zero-order valence-corrected chi connectivity index (χ0v) is 24.7. The molecule has 216 valence electrons. The fourth-order valence-electron chi connectivity index (χ4n) is 5.27. The average molecular weight is 553 g/mol. The van der Waals surface area contributed by atoms with Crippen LogP contribution in [0.15, 0.2) is 48.5 Å². The van der Waals surface area contributed by atoms with Gasteiger partial charge >= 0.3 is 23.9 Å². The first kappa shape index (κ1) is 30.9. The highest BCUT2D eigenvalue weighted by Crippen LogP contribution is 2.57. The number of hydrogen-bond acceptors (Lipinski definition) is 8. The highest BCUT2D eigenvalue weighted by molar-refractivity contribution is 5.94. The molecular weight excluding hydrogens is 512 g/mol. The molecule has 2 aromatic rings. The number of rotatable bonds is 9. The Kier molecular flexibility index (Phi) is 9.12. The van der Waals surface area contributed by atoms with E-state index >= 15 is 0 Å². The second-order valence-corrected chi connectivity index (χ2v) is 12.4. The third-order valence-electron chi connectivity index (χ3n) is 7.00. The van der Waals surface area contributed by atoms with Crippen LogP contribution in [0.5, 0.6) is 0 Å². The Hall–Kier alpha value is -3.68. The minimum Gasteiger partial charge on any atom is -0.462 e. The third-order valence-corrected chi connectivity index (χ3v) is 7.00. The standard InChI is InChI=1S/C32H40O8/c1-9-10-19-37-24(33)20-11-13-21(14-12-20)25(34)38-28-31(5,6)29(32(28,7)8)39-26(35)22-15-17-23(18-16-22)27(36)40-30(2,3)4/h11-18,28-29H,9-10,19H2,1-8H3. The molecule has 0 aromatic heterocycles. The van der Waals surface area contributed by atoms with Gasteiger partial charge in [-0.25, -0.2) is 19.2 Å². The van der Waals surface area contributed by atoms with E-state index in [0.29, 0.717) is 28.9 Å². The van der Waals surface area contributed by atoms with E-state index in [1.54, 1.807) is 32.9 Å². The van der Waals surface area contributed by atoms with Crippen molar-refractivity contribution in [3.8, 4) is 0 Å². The first-order valence-corrected chi connectivity index (χ1v) is 13.6. The fourth-order valence-corrected chi connectivity index (χ4v) is 5.27. The molecule has 0 aliphatic heterocycles. The summed E-state index contributed by atoms with van der Waals surface area (Å²) in [5.41, 5.74) is -0.633. The normalized spacial score (nSPS) is 19.1. The summed E-state index contributed by atoms with van der Waals surface area (Å²) in [5.74, 6) is -1.97. The summed E-state index contributed by atoms with van der Waals surface area (Å²) in [6, 6.07) is 12.3. The highest BCUT2D eigenvalue weighted by Gasteiger charge is 2.66. The van der Waals surface area contributed by atoms with Crippen LogP contribution in [0.3, 0.4) is 0 Å². The Balaban J connectivity index is 1.62. The van der Waals surface area contributed by atoms with Crippen molar-refractivity contribution in [3.05, 3.63) is 70.8 Å². The zero-order chi connectivity index (χ0) is 29.9. The molecule has 8 heteroatoms. The van der Waals surface area contributed by atoms with Crippen molar-refractivity contribution in [2.45, 2.75) is 86.0 Å². The predicted molar refractivity (Wildman–Crippen MR) is 149 cm³/mol. The van der Waals surface area contributed by atoms with Crippen molar-refractivity contribution in [2.24, 2.45) is 10.8 Å². The Morgan fingerprint density at radius 2 is 1.00 bits per heavy atom. The van der Waals surface area contributed by atoms with Crippen LogP contribution in [0.25, 0.3) is 0 Å². The monoisotopic (exact) mass is 552 g/mol. The lowest BCUT2D eigenvalue weighted by atomic mass is 9.51. The molecule has 0 saturated heterocycles. The van der Waals surface area contributed by atoms with Gasteiger partial charge in [-0.3, -0.25) is 0 Å². The second kappa shape index (κ2) is 11.8. The number of hydrogen-bond donors (Lipinski definition) is 0. The van der Waals surface area contributed by atoms with Gasteiger partial charge in [0, 0.05) is 10.8 Å². The van der Waals surface area contributed by atoms with Crippen LogP contribution in [0, 0.1) is 10.8 Å². The van der Waals surface area contributed by atoms with Crippen LogP contribution in [-0.2, 0) is 18.9 Å². The summed E-state index contributed by atoms with van der Waals surface area (Å²) in [4.78, 5) is 50.3. The van der Waals surface area contributed by atoms with Gasteiger partial charge in [0.2, 0.25) is 0 Å². The molecule has 3 rings (SSSR count). The maximum absolute atomic E-state index is 13.0.